The zero-order valence-corrected chi connectivity index (χ0v) is 6.41. The van der Waals surface area contributed by atoms with Crippen LogP contribution in [0, 0.1) is 11.3 Å². The van der Waals surface area contributed by atoms with Gasteiger partial charge in [0.1, 0.15) is 0 Å². The first-order chi connectivity index (χ1) is 4.90. The van der Waals surface area contributed by atoms with Crippen molar-refractivity contribution in [2.24, 2.45) is 17.1 Å². The number of halogens is 3. The largest absolute Gasteiger partial charge is 0.393 e. The lowest BCUT2D eigenvalue weighted by Gasteiger charge is -2.24. The van der Waals surface area contributed by atoms with E-state index < -0.39 is 17.5 Å². The molecule has 0 spiro atoms. The standard InChI is InChI=1S/C7H12F3N/c1-6(2-3-6)5(4-11)7(8,9)10/h5H,2-4,11H2,1H3. The van der Waals surface area contributed by atoms with Crippen LogP contribution in [0.25, 0.3) is 0 Å². The van der Waals surface area contributed by atoms with Gasteiger partial charge in [0, 0.05) is 6.54 Å². The molecule has 1 fully saturated rings. The average Bonchev–Trinajstić information content (AvgIpc) is 2.45. The van der Waals surface area contributed by atoms with Crippen molar-refractivity contribution in [3.63, 3.8) is 0 Å². The first kappa shape index (κ1) is 8.84. The second-order valence-electron chi connectivity index (χ2n) is 3.48. The van der Waals surface area contributed by atoms with E-state index in [9.17, 15) is 13.2 Å². The number of rotatable bonds is 2. The molecule has 0 heterocycles. The molecule has 1 aliphatic rings. The normalized spacial score (nSPS) is 24.8. The Balaban J connectivity index is 2.64. The summed E-state index contributed by atoms with van der Waals surface area (Å²) >= 11 is 0. The van der Waals surface area contributed by atoms with Crippen LogP contribution in [0.15, 0.2) is 0 Å². The lowest BCUT2D eigenvalue weighted by molar-refractivity contribution is -0.188. The second kappa shape index (κ2) is 2.37. The van der Waals surface area contributed by atoms with E-state index in [0.29, 0.717) is 12.8 Å². The molecule has 0 saturated heterocycles. The van der Waals surface area contributed by atoms with E-state index in [1.807, 2.05) is 0 Å². The molecule has 0 bridgehead atoms. The van der Waals surface area contributed by atoms with Crippen LogP contribution in [-0.2, 0) is 0 Å². The van der Waals surface area contributed by atoms with Gasteiger partial charge in [0.05, 0.1) is 5.92 Å². The van der Waals surface area contributed by atoms with Crippen molar-refractivity contribution in [2.45, 2.75) is 25.9 Å². The first-order valence-electron chi connectivity index (χ1n) is 3.67. The van der Waals surface area contributed by atoms with Crippen LogP contribution in [-0.4, -0.2) is 12.7 Å². The quantitative estimate of drug-likeness (QED) is 0.668. The minimum absolute atomic E-state index is 0.278. The molecule has 1 unspecified atom stereocenters. The molecule has 0 aliphatic heterocycles. The second-order valence-corrected chi connectivity index (χ2v) is 3.48. The van der Waals surface area contributed by atoms with Crippen molar-refractivity contribution in [3.8, 4) is 0 Å². The lowest BCUT2D eigenvalue weighted by atomic mass is 9.90. The van der Waals surface area contributed by atoms with Gasteiger partial charge in [-0.3, -0.25) is 0 Å². The summed E-state index contributed by atoms with van der Waals surface area (Å²) in [5, 5.41) is 0. The van der Waals surface area contributed by atoms with Gasteiger partial charge in [-0.2, -0.15) is 13.2 Å². The smallest absolute Gasteiger partial charge is 0.330 e. The molecule has 0 amide bonds. The van der Waals surface area contributed by atoms with Gasteiger partial charge in [0.15, 0.2) is 0 Å². The molecular weight excluding hydrogens is 155 g/mol. The molecule has 66 valence electrons. The molecule has 0 aromatic heterocycles. The van der Waals surface area contributed by atoms with Crippen LogP contribution in [0.4, 0.5) is 13.2 Å². The van der Waals surface area contributed by atoms with Crippen molar-refractivity contribution in [2.75, 3.05) is 6.54 Å². The van der Waals surface area contributed by atoms with Gasteiger partial charge in [-0.1, -0.05) is 6.92 Å². The Bertz CT molecular complexity index is 143. The van der Waals surface area contributed by atoms with Gasteiger partial charge in [-0.15, -0.1) is 0 Å². The van der Waals surface area contributed by atoms with Crippen molar-refractivity contribution in [1.82, 2.24) is 0 Å². The minimum Gasteiger partial charge on any atom is -0.330 e. The maximum absolute atomic E-state index is 12.2. The fraction of sp³-hybridized carbons (Fsp3) is 1.00. The highest BCUT2D eigenvalue weighted by Crippen LogP contribution is 2.56. The van der Waals surface area contributed by atoms with Crippen LogP contribution in [0.5, 0.6) is 0 Å². The summed E-state index contributed by atoms with van der Waals surface area (Å²) in [5.74, 6) is -1.30. The zero-order chi connectivity index (χ0) is 8.70. The minimum atomic E-state index is -4.11. The van der Waals surface area contributed by atoms with E-state index in [2.05, 4.69) is 0 Å². The maximum Gasteiger partial charge on any atom is 0.393 e. The number of nitrogens with two attached hydrogens (primary N) is 1. The molecule has 4 heteroatoms. The summed E-state index contributed by atoms with van der Waals surface area (Å²) < 4.78 is 36.5. The molecule has 1 saturated carbocycles. The van der Waals surface area contributed by atoms with Crippen molar-refractivity contribution < 1.29 is 13.2 Å². The molecule has 0 radical (unpaired) electrons. The third-order valence-electron chi connectivity index (χ3n) is 2.51. The predicted molar refractivity (Wildman–Crippen MR) is 35.9 cm³/mol. The zero-order valence-electron chi connectivity index (χ0n) is 6.41. The average molecular weight is 167 g/mol. The summed E-state index contributed by atoms with van der Waals surface area (Å²) in [6.07, 6.45) is -2.79. The molecule has 1 nitrogen and oxygen atoms in total. The Morgan fingerprint density at radius 1 is 1.45 bits per heavy atom. The molecule has 11 heavy (non-hydrogen) atoms. The van der Waals surface area contributed by atoms with Gasteiger partial charge in [0.25, 0.3) is 0 Å². The third kappa shape index (κ3) is 1.67. The Kier molecular flexibility index (Phi) is 1.90. The Morgan fingerprint density at radius 2 is 1.91 bits per heavy atom. The van der Waals surface area contributed by atoms with Gasteiger partial charge in [-0.25, -0.2) is 0 Å². The van der Waals surface area contributed by atoms with Crippen molar-refractivity contribution in [3.05, 3.63) is 0 Å². The fourth-order valence-corrected chi connectivity index (χ4v) is 1.36. The van der Waals surface area contributed by atoms with Crippen molar-refractivity contribution >= 4 is 0 Å². The van der Waals surface area contributed by atoms with E-state index in [1.54, 1.807) is 6.92 Å². The van der Waals surface area contributed by atoms with E-state index in [0.717, 1.165) is 0 Å². The van der Waals surface area contributed by atoms with Crippen LogP contribution in [0.1, 0.15) is 19.8 Å². The number of hydrogen-bond acceptors (Lipinski definition) is 1. The first-order valence-corrected chi connectivity index (χ1v) is 3.67. The Morgan fingerprint density at radius 3 is 2.00 bits per heavy atom. The molecule has 0 aromatic rings. The van der Waals surface area contributed by atoms with E-state index in [4.69, 9.17) is 5.73 Å². The molecule has 2 N–H and O–H groups in total. The van der Waals surface area contributed by atoms with Gasteiger partial charge in [0.2, 0.25) is 0 Å². The summed E-state index contributed by atoms with van der Waals surface area (Å²) in [7, 11) is 0. The molecular formula is C7H12F3N. The monoisotopic (exact) mass is 167 g/mol. The predicted octanol–water partition coefficient (Wildman–Crippen LogP) is 1.92. The van der Waals surface area contributed by atoms with E-state index in [1.165, 1.54) is 0 Å². The van der Waals surface area contributed by atoms with Crippen LogP contribution >= 0.6 is 0 Å². The summed E-state index contributed by atoms with van der Waals surface area (Å²) in [6, 6.07) is 0. The summed E-state index contributed by atoms with van der Waals surface area (Å²) in [5.41, 5.74) is 4.52. The van der Waals surface area contributed by atoms with Gasteiger partial charge in [-0.05, 0) is 18.3 Å². The highest BCUT2D eigenvalue weighted by atomic mass is 19.4. The summed E-state index contributed by atoms with van der Waals surface area (Å²) in [4.78, 5) is 0. The lowest BCUT2D eigenvalue weighted by Crippen LogP contribution is -2.36. The van der Waals surface area contributed by atoms with E-state index >= 15 is 0 Å². The third-order valence-corrected chi connectivity index (χ3v) is 2.51. The number of alkyl halides is 3. The SMILES string of the molecule is CC1(C(CN)C(F)(F)F)CC1. The molecule has 1 aliphatic carbocycles. The fourth-order valence-electron chi connectivity index (χ4n) is 1.36. The Labute approximate surface area is 63.8 Å². The van der Waals surface area contributed by atoms with Gasteiger partial charge < -0.3 is 5.73 Å². The highest BCUT2D eigenvalue weighted by molar-refractivity contribution is 4.97. The maximum atomic E-state index is 12.2. The molecule has 0 aromatic carbocycles. The molecule has 1 atom stereocenters. The van der Waals surface area contributed by atoms with Crippen molar-refractivity contribution in [1.29, 1.82) is 0 Å². The van der Waals surface area contributed by atoms with Gasteiger partial charge >= 0.3 is 6.18 Å². The highest BCUT2D eigenvalue weighted by Gasteiger charge is 2.55. The van der Waals surface area contributed by atoms with E-state index in [-0.39, 0.29) is 6.54 Å². The van der Waals surface area contributed by atoms with Crippen LogP contribution in [0.3, 0.4) is 0 Å². The Hall–Kier alpha value is -0.250. The van der Waals surface area contributed by atoms with Crippen LogP contribution in [0.2, 0.25) is 0 Å². The topological polar surface area (TPSA) is 26.0 Å². The number of hydrogen-bond donors (Lipinski definition) is 1. The molecule has 1 rings (SSSR count). The summed E-state index contributed by atoms with van der Waals surface area (Å²) in [6.45, 7) is 1.37. The van der Waals surface area contributed by atoms with Crippen LogP contribution < -0.4 is 5.73 Å².